The predicted octanol–water partition coefficient (Wildman–Crippen LogP) is 4.60. The Labute approximate surface area is 112 Å². The van der Waals surface area contributed by atoms with E-state index in [1.807, 2.05) is 0 Å². The molecule has 1 aromatic rings. The molecule has 1 unspecified atom stereocenters. The fourth-order valence-corrected chi connectivity index (χ4v) is 2.81. The summed E-state index contributed by atoms with van der Waals surface area (Å²) in [5.74, 6) is 1.31. The molecule has 1 aromatic carbocycles. The second-order valence-electron chi connectivity index (χ2n) is 5.71. The second kappa shape index (κ2) is 6.08. The van der Waals surface area contributed by atoms with Crippen LogP contribution in [0.4, 0.5) is 5.69 Å². The molecule has 0 N–H and O–H groups in total. The molecular formula is C17H25N. The lowest BCUT2D eigenvalue weighted by Gasteiger charge is -2.28. The monoisotopic (exact) mass is 243 g/mol. The average Bonchev–Trinajstić information content (AvgIpc) is 2.40. The first-order valence-electron chi connectivity index (χ1n) is 7.15. The van der Waals surface area contributed by atoms with Crippen LogP contribution in [-0.4, -0.2) is 13.6 Å². The Balaban J connectivity index is 2.10. The molecule has 1 nitrogen and oxygen atoms in total. The maximum absolute atomic E-state index is 2.43. The maximum atomic E-state index is 2.43. The SMILES string of the molecule is CC(C)c1ccccc1N(C)CC1C=CCCC1. The normalized spacial score (nSPS) is 19.2. The van der Waals surface area contributed by atoms with Gasteiger partial charge in [-0.3, -0.25) is 0 Å². The molecule has 0 bridgehead atoms. The van der Waals surface area contributed by atoms with Crippen LogP contribution in [0.25, 0.3) is 0 Å². The third kappa shape index (κ3) is 3.16. The Morgan fingerprint density at radius 3 is 2.72 bits per heavy atom. The van der Waals surface area contributed by atoms with E-state index in [2.05, 4.69) is 62.2 Å². The third-order valence-corrected chi connectivity index (χ3v) is 3.83. The van der Waals surface area contributed by atoms with Crippen molar-refractivity contribution in [3.05, 3.63) is 42.0 Å². The van der Waals surface area contributed by atoms with Gasteiger partial charge in [-0.2, -0.15) is 0 Å². The van der Waals surface area contributed by atoms with Gasteiger partial charge in [-0.1, -0.05) is 44.2 Å². The largest absolute Gasteiger partial charge is 0.374 e. The molecule has 98 valence electrons. The fourth-order valence-electron chi connectivity index (χ4n) is 2.81. The smallest absolute Gasteiger partial charge is 0.0398 e. The number of para-hydroxylation sites is 1. The fraction of sp³-hybridized carbons (Fsp3) is 0.529. The molecule has 0 amide bonds. The molecule has 0 fully saturated rings. The number of allylic oxidation sites excluding steroid dienone is 1. The van der Waals surface area contributed by atoms with Crippen molar-refractivity contribution >= 4 is 5.69 Å². The van der Waals surface area contributed by atoms with E-state index in [9.17, 15) is 0 Å². The van der Waals surface area contributed by atoms with Crippen molar-refractivity contribution in [3.63, 3.8) is 0 Å². The predicted molar refractivity (Wildman–Crippen MR) is 80.3 cm³/mol. The van der Waals surface area contributed by atoms with Crippen LogP contribution < -0.4 is 4.90 Å². The molecule has 0 aromatic heterocycles. The van der Waals surface area contributed by atoms with E-state index in [4.69, 9.17) is 0 Å². The summed E-state index contributed by atoms with van der Waals surface area (Å²) >= 11 is 0. The summed E-state index contributed by atoms with van der Waals surface area (Å²) in [5, 5.41) is 0. The van der Waals surface area contributed by atoms with E-state index < -0.39 is 0 Å². The van der Waals surface area contributed by atoms with Gasteiger partial charge in [0.15, 0.2) is 0 Å². The first-order chi connectivity index (χ1) is 8.68. The summed E-state index contributed by atoms with van der Waals surface area (Å²) in [6.45, 7) is 5.68. The van der Waals surface area contributed by atoms with Crippen molar-refractivity contribution in [1.82, 2.24) is 0 Å². The minimum Gasteiger partial charge on any atom is -0.374 e. The third-order valence-electron chi connectivity index (χ3n) is 3.83. The van der Waals surface area contributed by atoms with Crippen LogP contribution in [0.5, 0.6) is 0 Å². The van der Waals surface area contributed by atoms with Crippen molar-refractivity contribution in [1.29, 1.82) is 0 Å². The van der Waals surface area contributed by atoms with Crippen LogP contribution in [0.1, 0.15) is 44.6 Å². The van der Waals surface area contributed by atoms with Gasteiger partial charge in [-0.15, -0.1) is 0 Å². The Morgan fingerprint density at radius 2 is 2.06 bits per heavy atom. The molecule has 1 atom stereocenters. The van der Waals surface area contributed by atoms with Crippen LogP contribution >= 0.6 is 0 Å². The van der Waals surface area contributed by atoms with E-state index in [1.54, 1.807) is 0 Å². The molecule has 0 heterocycles. The minimum absolute atomic E-state index is 0.588. The molecule has 18 heavy (non-hydrogen) atoms. The summed E-state index contributed by atoms with van der Waals surface area (Å²) in [5.41, 5.74) is 2.85. The summed E-state index contributed by atoms with van der Waals surface area (Å²) in [6, 6.07) is 8.80. The molecule has 1 heteroatoms. The van der Waals surface area contributed by atoms with E-state index >= 15 is 0 Å². The van der Waals surface area contributed by atoms with Gasteiger partial charge in [0.25, 0.3) is 0 Å². The Bertz CT molecular complexity index is 406. The number of rotatable bonds is 4. The highest BCUT2D eigenvalue weighted by molar-refractivity contribution is 5.54. The van der Waals surface area contributed by atoms with Gasteiger partial charge in [-0.25, -0.2) is 0 Å². The zero-order valence-corrected chi connectivity index (χ0v) is 11.9. The molecule has 0 radical (unpaired) electrons. The lowest BCUT2D eigenvalue weighted by Crippen LogP contribution is -2.26. The molecule has 0 aliphatic heterocycles. The first-order valence-corrected chi connectivity index (χ1v) is 7.15. The van der Waals surface area contributed by atoms with E-state index in [0.717, 1.165) is 12.5 Å². The van der Waals surface area contributed by atoms with E-state index in [-0.39, 0.29) is 0 Å². The van der Waals surface area contributed by atoms with Crippen molar-refractivity contribution < 1.29 is 0 Å². The number of hydrogen-bond acceptors (Lipinski definition) is 1. The summed E-state index contributed by atoms with van der Waals surface area (Å²) in [7, 11) is 2.23. The number of hydrogen-bond donors (Lipinski definition) is 0. The van der Waals surface area contributed by atoms with Gasteiger partial charge in [0, 0.05) is 19.3 Å². The van der Waals surface area contributed by atoms with Gasteiger partial charge >= 0.3 is 0 Å². The summed E-state index contributed by atoms with van der Waals surface area (Å²) in [6.07, 6.45) is 8.70. The van der Waals surface area contributed by atoms with Crippen LogP contribution in [0.2, 0.25) is 0 Å². The highest BCUT2D eigenvalue weighted by atomic mass is 15.1. The van der Waals surface area contributed by atoms with Crippen molar-refractivity contribution in [2.24, 2.45) is 5.92 Å². The van der Waals surface area contributed by atoms with Crippen LogP contribution in [0.15, 0.2) is 36.4 Å². The van der Waals surface area contributed by atoms with Crippen molar-refractivity contribution in [2.75, 3.05) is 18.5 Å². The maximum Gasteiger partial charge on any atom is 0.0398 e. The van der Waals surface area contributed by atoms with Gasteiger partial charge in [0.2, 0.25) is 0 Å². The minimum atomic E-state index is 0.588. The number of anilines is 1. The van der Waals surface area contributed by atoms with Gasteiger partial charge in [0.05, 0.1) is 0 Å². The number of nitrogens with zero attached hydrogens (tertiary/aromatic N) is 1. The van der Waals surface area contributed by atoms with Crippen LogP contribution in [0, 0.1) is 5.92 Å². The molecule has 2 rings (SSSR count). The molecule has 0 saturated heterocycles. The topological polar surface area (TPSA) is 3.24 Å². The lowest BCUT2D eigenvalue weighted by molar-refractivity contribution is 0.539. The molecule has 1 aliphatic rings. The zero-order chi connectivity index (χ0) is 13.0. The summed E-state index contributed by atoms with van der Waals surface area (Å²) < 4.78 is 0. The van der Waals surface area contributed by atoms with Crippen molar-refractivity contribution in [3.8, 4) is 0 Å². The lowest BCUT2D eigenvalue weighted by atomic mass is 9.94. The van der Waals surface area contributed by atoms with Gasteiger partial charge < -0.3 is 4.90 Å². The van der Waals surface area contributed by atoms with Crippen LogP contribution in [-0.2, 0) is 0 Å². The zero-order valence-electron chi connectivity index (χ0n) is 11.9. The molecule has 0 saturated carbocycles. The number of benzene rings is 1. The Morgan fingerprint density at radius 1 is 1.28 bits per heavy atom. The van der Waals surface area contributed by atoms with Gasteiger partial charge in [-0.05, 0) is 42.7 Å². The summed E-state index contributed by atoms with van der Waals surface area (Å²) in [4.78, 5) is 2.43. The van der Waals surface area contributed by atoms with E-state index in [1.165, 1.54) is 30.5 Å². The molecular weight excluding hydrogens is 218 g/mol. The van der Waals surface area contributed by atoms with Gasteiger partial charge in [0.1, 0.15) is 0 Å². The van der Waals surface area contributed by atoms with Crippen LogP contribution in [0.3, 0.4) is 0 Å². The van der Waals surface area contributed by atoms with E-state index in [0.29, 0.717) is 5.92 Å². The Hall–Kier alpha value is -1.24. The average molecular weight is 243 g/mol. The Kier molecular flexibility index (Phi) is 4.46. The molecule has 1 aliphatic carbocycles. The highest BCUT2D eigenvalue weighted by Crippen LogP contribution is 2.28. The van der Waals surface area contributed by atoms with Crippen molar-refractivity contribution in [2.45, 2.75) is 39.0 Å². The quantitative estimate of drug-likeness (QED) is 0.698. The molecule has 0 spiro atoms. The standard InChI is InChI=1S/C17H25N/c1-14(2)16-11-7-8-12-17(16)18(3)13-15-9-5-4-6-10-15/h5,7-9,11-12,14-15H,4,6,10,13H2,1-3H3. The second-order valence-corrected chi connectivity index (χ2v) is 5.71. The first kappa shape index (κ1) is 13.2. The highest BCUT2D eigenvalue weighted by Gasteiger charge is 2.14.